The molecule has 5 aromatic rings. The number of carbonyl (C=O) groups excluding carboxylic acids is 1. The van der Waals surface area contributed by atoms with Crippen molar-refractivity contribution in [1.82, 2.24) is 19.7 Å². The molecule has 1 fully saturated rings. The molecule has 1 amide bonds. The van der Waals surface area contributed by atoms with Gasteiger partial charge in [0.05, 0.1) is 20.9 Å². The van der Waals surface area contributed by atoms with Crippen LogP contribution in [0.15, 0.2) is 77.9 Å². The smallest absolute Gasteiger partial charge is 0.284 e. The molecule has 2 aromatic carbocycles. The molecule has 0 radical (unpaired) electrons. The highest BCUT2D eigenvalue weighted by Crippen LogP contribution is 2.35. The lowest BCUT2D eigenvalue weighted by molar-refractivity contribution is 0.102. The summed E-state index contributed by atoms with van der Waals surface area (Å²) in [7, 11) is 2.12. The first-order chi connectivity index (χ1) is 19.9. The number of rotatable bonds is 6. The Balaban J connectivity index is 1.19. The Bertz CT molecular complexity index is 1800. The largest absolute Gasteiger partial charge is 0.361 e. The lowest BCUT2D eigenvalue weighted by Gasteiger charge is -2.32. The summed E-state index contributed by atoms with van der Waals surface area (Å²) in [5.74, 6) is -1.63. The van der Waals surface area contributed by atoms with E-state index in [-0.39, 0.29) is 11.3 Å². The summed E-state index contributed by atoms with van der Waals surface area (Å²) >= 11 is 1.68. The number of thiophene rings is 1. The van der Waals surface area contributed by atoms with E-state index in [0.29, 0.717) is 17.7 Å². The van der Waals surface area contributed by atoms with E-state index in [4.69, 9.17) is 0 Å². The number of amides is 1. The van der Waals surface area contributed by atoms with Gasteiger partial charge in [-0.2, -0.15) is 9.78 Å². The molecular formula is C30H26F2N6O2S. The highest BCUT2D eigenvalue weighted by Gasteiger charge is 2.19. The van der Waals surface area contributed by atoms with Crippen LogP contribution >= 0.6 is 11.3 Å². The van der Waals surface area contributed by atoms with Crippen molar-refractivity contribution >= 4 is 38.1 Å². The Kier molecular flexibility index (Phi) is 7.29. The van der Waals surface area contributed by atoms with Crippen molar-refractivity contribution in [1.29, 1.82) is 0 Å². The molecule has 208 valence electrons. The Hall–Kier alpha value is -4.48. The van der Waals surface area contributed by atoms with Crippen molar-refractivity contribution < 1.29 is 13.6 Å². The van der Waals surface area contributed by atoms with Crippen LogP contribution in [-0.4, -0.2) is 58.8 Å². The predicted molar refractivity (Wildman–Crippen MR) is 156 cm³/mol. The van der Waals surface area contributed by atoms with Crippen molar-refractivity contribution in [2.45, 2.75) is 6.42 Å². The average molecular weight is 573 g/mol. The first-order valence-electron chi connectivity index (χ1n) is 13.1. The predicted octanol–water partition coefficient (Wildman–Crippen LogP) is 4.72. The number of hydrogen-bond donors (Lipinski definition) is 1. The molecule has 6 rings (SSSR count). The van der Waals surface area contributed by atoms with Crippen molar-refractivity contribution in [3.8, 4) is 5.69 Å². The zero-order chi connectivity index (χ0) is 28.5. The van der Waals surface area contributed by atoms with E-state index in [2.05, 4.69) is 38.3 Å². The van der Waals surface area contributed by atoms with Crippen molar-refractivity contribution in [3.63, 3.8) is 0 Å². The number of anilines is 2. The second-order valence-electron chi connectivity index (χ2n) is 9.93. The molecule has 1 saturated heterocycles. The molecule has 0 saturated carbocycles. The van der Waals surface area contributed by atoms with Crippen LogP contribution in [0, 0.1) is 11.6 Å². The minimum absolute atomic E-state index is 0.179. The Labute approximate surface area is 238 Å². The van der Waals surface area contributed by atoms with Gasteiger partial charge < -0.3 is 15.1 Å². The first-order valence-corrected chi connectivity index (χ1v) is 13.9. The third-order valence-electron chi connectivity index (χ3n) is 7.15. The number of likely N-dealkylation sites (N-methyl/N-ethyl adjacent to an activating group) is 1. The van der Waals surface area contributed by atoms with Crippen LogP contribution in [0.5, 0.6) is 0 Å². The molecule has 0 spiro atoms. The molecule has 3 aromatic heterocycles. The van der Waals surface area contributed by atoms with Crippen LogP contribution in [0.4, 0.5) is 19.5 Å². The second-order valence-corrected chi connectivity index (χ2v) is 11.0. The zero-order valence-corrected chi connectivity index (χ0v) is 23.0. The molecule has 1 aliphatic heterocycles. The second kappa shape index (κ2) is 11.2. The van der Waals surface area contributed by atoms with Gasteiger partial charge in [-0.15, -0.1) is 11.3 Å². The summed E-state index contributed by atoms with van der Waals surface area (Å²) in [4.78, 5) is 35.0. The Morgan fingerprint density at radius 2 is 1.73 bits per heavy atom. The van der Waals surface area contributed by atoms with Gasteiger partial charge >= 0.3 is 0 Å². The number of carbonyl (C=O) groups is 1. The number of fused-ring (bicyclic) bond motifs is 1. The van der Waals surface area contributed by atoms with Gasteiger partial charge in [0, 0.05) is 50.7 Å². The molecule has 1 N–H and O–H groups in total. The summed E-state index contributed by atoms with van der Waals surface area (Å²) in [6.07, 6.45) is 3.42. The van der Waals surface area contributed by atoms with Crippen LogP contribution in [-0.2, 0) is 6.42 Å². The van der Waals surface area contributed by atoms with Crippen molar-refractivity contribution in [3.05, 3.63) is 112 Å². The summed E-state index contributed by atoms with van der Waals surface area (Å²) in [5.41, 5.74) is 2.03. The number of hydrogen-bond acceptors (Lipinski definition) is 7. The fraction of sp³-hybridized carbons (Fsp3) is 0.200. The summed E-state index contributed by atoms with van der Waals surface area (Å²) in [5, 5.41) is 7.74. The fourth-order valence-corrected chi connectivity index (χ4v) is 6.00. The molecule has 4 heterocycles. The van der Waals surface area contributed by atoms with E-state index in [1.807, 2.05) is 6.07 Å². The van der Waals surface area contributed by atoms with Gasteiger partial charge in [0.1, 0.15) is 17.2 Å². The molecule has 0 atom stereocenters. The van der Waals surface area contributed by atoms with Crippen LogP contribution in [0.2, 0.25) is 0 Å². The van der Waals surface area contributed by atoms with E-state index in [1.165, 1.54) is 47.6 Å². The molecule has 8 nitrogen and oxygen atoms in total. The molecule has 0 aliphatic carbocycles. The van der Waals surface area contributed by atoms with Crippen LogP contribution < -0.4 is 15.8 Å². The van der Waals surface area contributed by atoms with Crippen LogP contribution in [0.1, 0.15) is 21.5 Å². The maximum absolute atomic E-state index is 15.2. The summed E-state index contributed by atoms with van der Waals surface area (Å²) < 4.78 is 30.6. The first kappa shape index (κ1) is 26.7. The van der Waals surface area contributed by atoms with E-state index < -0.39 is 23.1 Å². The van der Waals surface area contributed by atoms with Crippen LogP contribution in [0.3, 0.4) is 0 Å². The average Bonchev–Trinajstić information content (AvgIpc) is 3.41. The molecule has 1 aliphatic rings. The third kappa shape index (κ3) is 5.59. The number of nitrogens with one attached hydrogen (secondary N) is 1. The quantitative estimate of drug-likeness (QED) is 0.317. The van der Waals surface area contributed by atoms with Gasteiger partial charge in [-0.25, -0.2) is 8.78 Å². The lowest BCUT2D eigenvalue weighted by atomic mass is 10.0. The molecular weight excluding hydrogens is 546 g/mol. The van der Waals surface area contributed by atoms with Gasteiger partial charge in [0.15, 0.2) is 0 Å². The van der Waals surface area contributed by atoms with Gasteiger partial charge in [0.2, 0.25) is 0 Å². The standard InChI is InChI=1S/C30H26F2N6O2S/c1-36-12-14-37(15-13-36)27-18-26-28(41-27)20(8-10-33-26)16-19-2-5-22(17-25(19)32)35-29(39)24-9-11-34-38(30(24)40)23-6-3-21(31)4-7-23/h2-11,17-18H,12-16H2,1H3,(H,35,39). The normalized spacial score (nSPS) is 14.0. The maximum atomic E-state index is 15.2. The van der Waals surface area contributed by atoms with E-state index in [0.717, 1.165) is 46.6 Å². The zero-order valence-electron chi connectivity index (χ0n) is 22.2. The van der Waals surface area contributed by atoms with E-state index in [9.17, 15) is 14.0 Å². The monoisotopic (exact) mass is 572 g/mol. The number of nitrogens with zero attached hydrogens (tertiary/aromatic N) is 5. The molecule has 0 unspecified atom stereocenters. The van der Waals surface area contributed by atoms with Crippen molar-refractivity contribution in [2.24, 2.45) is 0 Å². The number of benzene rings is 2. The minimum atomic E-state index is -0.703. The highest BCUT2D eigenvalue weighted by molar-refractivity contribution is 7.23. The third-order valence-corrected chi connectivity index (χ3v) is 8.41. The van der Waals surface area contributed by atoms with Gasteiger partial charge in [0.25, 0.3) is 11.5 Å². The fourth-order valence-electron chi connectivity index (χ4n) is 4.82. The summed E-state index contributed by atoms with van der Waals surface area (Å²) in [6.45, 7) is 3.93. The lowest BCUT2D eigenvalue weighted by Crippen LogP contribution is -2.44. The Morgan fingerprint density at radius 1 is 0.951 bits per heavy atom. The Morgan fingerprint density at radius 3 is 2.49 bits per heavy atom. The maximum Gasteiger partial charge on any atom is 0.284 e. The molecule has 0 bridgehead atoms. The van der Waals surface area contributed by atoms with Gasteiger partial charge in [-0.3, -0.25) is 14.6 Å². The highest BCUT2D eigenvalue weighted by atomic mass is 32.1. The van der Waals surface area contributed by atoms with E-state index in [1.54, 1.807) is 29.7 Å². The number of halogens is 2. The van der Waals surface area contributed by atoms with Crippen LogP contribution in [0.25, 0.3) is 15.9 Å². The number of aromatic nitrogens is 3. The van der Waals surface area contributed by atoms with Gasteiger partial charge in [-0.05, 0) is 72.8 Å². The SMILES string of the molecule is CN1CCN(c2cc3nccc(Cc4ccc(NC(=O)c5ccnn(-c6ccc(F)cc6)c5=O)cc4F)c3s2)CC1. The van der Waals surface area contributed by atoms with E-state index >= 15 is 4.39 Å². The van der Waals surface area contributed by atoms with Gasteiger partial charge in [-0.1, -0.05) is 6.07 Å². The summed E-state index contributed by atoms with van der Waals surface area (Å²) in [6, 6.07) is 15.0. The number of pyridine rings is 1. The topological polar surface area (TPSA) is 83.4 Å². The molecule has 11 heteroatoms. The minimum Gasteiger partial charge on any atom is -0.361 e. The number of piperazine rings is 1. The molecule has 41 heavy (non-hydrogen) atoms. The van der Waals surface area contributed by atoms with Crippen molar-refractivity contribution in [2.75, 3.05) is 43.4 Å².